The Morgan fingerprint density at radius 3 is 2.93 bits per heavy atom. The van der Waals surface area contributed by atoms with Crippen molar-refractivity contribution in [3.05, 3.63) is 18.2 Å². The zero-order chi connectivity index (χ0) is 11.3. The van der Waals surface area contributed by atoms with Crippen molar-refractivity contribution in [1.82, 2.24) is 14.7 Å². The number of rotatable bonds is 6. The number of aromatic amines is 1. The summed E-state index contributed by atoms with van der Waals surface area (Å²) in [5.41, 5.74) is 0. The summed E-state index contributed by atoms with van der Waals surface area (Å²) in [6.07, 6.45) is 6.08. The third kappa shape index (κ3) is 5.19. The third-order valence-corrected chi connectivity index (χ3v) is 3.08. The van der Waals surface area contributed by atoms with E-state index in [0.717, 1.165) is 24.9 Å². The Labute approximate surface area is 95.2 Å². The minimum Gasteiger partial charge on any atom is -0.348 e. The SMILES string of the molecule is CS(=O)(=O)NCCCC(S)c1ncc[nH]1. The minimum atomic E-state index is -3.07. The van der Waals surface area contributed by atoms with Gasteiger partial charge in [0.25, 0.3) is 0 Å². The van der Waals surface area contributed by atoms with Crippen LogP contribution in [0.4, 0.5) is 0 Å². The fraction of sp³-hybridized carbons (Fsp3) is 0.625. The molecule has 0 aliphatic rings. The number of sulfonamides is 1. The number of hydrogen-bond donors (Lipinski definition) is 3. The highest BCUT2D eigenvalue weighted by Crippen LogP contribution is 2.20. The second-order valence-electron chi connectivity index (χ2n) is 3.30. The van der Waals surface area contributed by atoms with Gasteiger partial charge in [0.2, 0.25) is 10.0 Å². The van der Waals surface area contributed by atoms with Gasteiger partial charge >= 0.3 is 0 Å². The van der Waals surface area contributed by atoms with E-state index in [2.05, 4.69) is 27.3 Å². The second kappa shape index (κ2) is 5.53. The first kappa shape index (κ1) is 12.5. The molecule has 0 fully saturated rings. The van der Waals surface area contributed by atoms with Crippen LogP contribution in [-0.4, -0.2) is 31.2 Å². The molecule has 1 rings (SSSR count). The van der Waals surface area contributed by atoms with Crippen LogP contribution in [-0.2, 0) is 10.0 Å². The van der Waals surface area contributed by atoms with Crippen LogP contribution in [0.15, 0.2) is 12.4 Å². The molecule has 1 aromatic heterocycles. The predicted octanol–water partition coefficient (Wildman–Crippen LogP) is 0.710. The van der Waals surface area contributed by atoms with Crippen molar-refractivity contribution in [2.45, 2.75) is 18.1 Å². The summed E-state index contributed by atoms with van der Waals surface area (Å²) in [5, 5.41) is 0.0290. The smallest absolute Gasteiger partial charge is 0.208 e. The monoisotopic (exact) mass is 249 g/mol. The highest BCUT2D eigenvalue weighted by Gasteiger charge is 2.08. The molecule has 2 N–H and O–H groups in total. The van der Waals surface area contributed by atoms with E-state index in [1.807, 2.05) is 0 Å². The average Bonchev–Trinajstić information content (AvgIpc) is 2.63. The fourth-order valence-electron chi connectivity index (χ4n) is 1.15. The molecule has 86 valence electrons. The van der Waals surface area contributed by atoms with Crippen LogP contribution in [0, 0.1) is 0 Å². The Bertz CT molecular complexity index is 375. The van der Waals surface area contributed by atoms with Crippen LogP contribution in [0.3, 0.4) is 0 Å². The van der Waals surface area contributed by atoms with Gasteiger partial charge in [-0.2, -0.15) is 12.6 Å². The average molecular weight is 249 g/mol. The van der Waals surface area contributed by atoms with E-state index in [0.29, 0.717) is 6.54 Å². The third-order valence-electron chi connectivity index (χ3n) is 1.85. The highest BCUT2D eigenvalue weighted by atomic mass is 32.2. The van der Waals surface area contributed by atoms with Gasteiger partial charge < -0.3 is 4.98 Å². The van der Waals surface area contributed by atoms with Crippen LogP contribution >= 0.6 is 12.6 Å². The molecule has 1 heterocycles. The number of hydrogen-bond acceptors (Lipinski definition) is 4. The van der Waals surface area contributed by atoms with Gasteiger partial charge in [-0.05, 0) is 12.8 Å². The molecular weight excluding hydrogens is 234 g/mol. The predicted molar refractivity (Wildman–Crippen MR) is 62.4 cm³/mol. The number of nitrogens with one attached hydrogen (secondary N) is 2. The molecule has 0 aliphatic carbocycles. The lowest BCUT2D eigenvalue weighted by molar-refractivity contribution is 0.581. The standard InChI is InChI=1S/C8H15N3O2S2/c1-15(12,13)11-4-2-3-7(14)8-9-5-6-10-8/h5-7,11,14H,2-4H2,1H3,(H,9,10). The summed E-state index contributed by atoms with van der Waals surface area (Å²) in [7, 11) is -3.07. The molecule has 0 amide bonds. The van der Waals surface area contributed by atoms with Crippen LogP contribution in [0.1, 0.15) is 23.9 Å². The lowest BCUT2D eigenvalue weighted by Gasteiger charge is -2.07. The van der Waals surface area contributed by atoms with Gasteiger partial charge in [-0.25, -0.2) is 18.1 Å². The Morgan fingerprint density at radius 1 is 1.67 bits per heavy atom. The largest absolute Gasteiger partial charge is 0.348 e. The summed E-state index contributed by atoms with van der Waals surface area (Å²) in [6, 6.07) is 0. The molecule has 0 saturated carbocycles. The number of nitrogens with zero attached hydrogens (tertiary/aromatic N) is 1. The number of imidazole rings is 1. The first-order valence-electron chi connectivity index (χ1n) is 4.61. The molecule has 7 heteroatoms. The maximum Gasteiger partial charge on any atom is 0.208 e. The second-order valence-corrected chi connectivity index (χ2v) is 5.76. The Balaban J connectivity index is 2.21. The maximum absolute atomic E-state index is 10.8. The van der Waals surface area contributed by atoms with Crippen LogP contribution in [0.25, 0.3) is 0 Å². The molecule has 0 aliphatic heterocycles. The summed E-state index contributed by atoms with van der Waals surface area (Å²) in [5.74, 6) is 0.817. The first-order valence-corrected chi connectivity index (χ1v) is 7.02. The van der Waals surface area contributed by atoms with Gasteiger partial charge in [-0.3, -0.25) is 0 Å². The van der Waals surface area contributed by atoms with Crippen molar-refractivity contribution in [2.24, 2.45) is 0 Å². The van der Waals surface area contributed by atoms with E-state index in [-0.39, 0.29) is 5.25 Å². The van der Waals surface area contributed by atoms with E-state index >= 15 is 0 Å². The van der Waals surface area contributed by atoms with Crippen LogP contribution in [0.5, 0.6) is 0 Å². The van der Waals surface area contributed by atoms with Gasteiger partial charge in [0.15, 0.2) is 0 Å². The van der Waals surface area contributed by atoms with Crippen LogP contribution in [0.2, 0.25) is 0 Å². The van der Waals surface area contributed by atoms with Crippen LogP contribution < -0.4 is 4.72 Å². The Hall–Kier alpha value is -0.530. The quantitative estimate of drug-likeness (QED) is 0.513. The first-order chi connectivity index (χ1) is 6.99. The molecule has 0 spiro atoms. The topological polar surface area (TPSA) is 74.8 Å². The summed E-state index contributed by atoms with van der Waals surface area (Å²) in [4.78, 5) is 7.04. The molecule has 0 radical (unpaired) electrons. The van der Waals surface area contributed by atoms with E-state index in [1.165, 1.54) is 0 Å². The maximum atomic E-state index is 10.8. The molecule has 5 nitrogen and oxygen atoms in total. The highest BCUT2D eigenvalue weighted by molar-refractivity contribution is 7.88. The molecule has 0 saturated heterocycles. The number of H-pyrrole nitrogens is 1. The molecule has 0 aromatic carbocycles. The minimum absolute atomic E-state index is 0.0290. The zero-order valence-electron chi connectivity index (χ0n) is 8.47. The normalized spacial score (nSPS) is 14.0. The Morgan fingerprint density at radius 2 is 2.40 bits per heavy atom. The zero-order valence-corrected chi connectivity index (χ0v) is 10.2. The number of thiol groups is 1. The van der Waals surface area contributed by atoms with Gasteiger partial charge in [-0.15, -0.1) is 0 Å². The molecule has 1 aromatic rings. The van der Waals surface area contributed by atoms with Crippen molar-refractivity contribution in [1.29, 1.82) is 0 Å². The summed E-state index contributed by atoms with van der Waals surface area (Å²) < 4.78 is 23.9. The summed E-state index contributed by atoms with van der Waals surface area (Å²) in [6.45, 7) is 0.441. The van der Waals surface area contributed by atoms with Gasteiger partial charge in [0, 0.05) is 18.9 Å². The van der Waals surface area contributed by atoms with Crippen molar-refractivity contribution in [2.75, 3.05) is 12.8 Å². The molecule has 0 bridgehead atoms. The molecular formula is C8H15N3O2S2. The fourth-order valence-corrected chi connectivity index (χ4v) is 1.99. The van der Waals surface area contributed by atoms with E-state index in [4.69, 9.17) is 0 Å². The lowest BCUT2D eigenvalue weighted by atomic mass is 10.2. The van der Waals surface area contributed by atoms with E-state index < -0.39 is 10.0 Å². The Kier molecular flexibility index (Phi) is 4.62. The van der Waals surface area contributed by atoms with Crippen molar-refractivity contribution in [3.63, 3.8) is 0 Å². The van der Waals surface area contributed by atoms with Gasteiger partial charge in [0.05, 0.1) is 11.5 Å². The summed E-state index contributed by atoms with van der Waals surface area (Å²) >= 11 is 4.36. The molecule has 15 heavy (non-hydrogen) atoms. The number of aromatic nitrogens is 2. The van der Waals surface area contributed by atoms with Crippen molar-refractivity contribution < 1.29 is 8.42 Å². The van der Waals surface area contributed by atoms with E-state index in [1.54, 1.807) is 12.4 Å². The van der Waals surface area contributed by atoms with Crippen molar-refractivity contribution >= 4 is 22.7 Å². The van der Waals surface area contributed by atoms with Gasteiger partial charge in [0.1, 0.15) is 5.82 Å². The van der Waals surface area contributed by atoms with Gasteiger partial charge in [-0.1, -0.05) is 0 Å². The molecule has 1 atom stereocenters. The molecule has 1 unspecified atom stereocenters. The lowest BCUT2D eigenvalue weighted by Crippen LogP contribution is -2.23. The van der Waals surface area contributed by atoms with Crippen molar-refractivity contribution in [3.8, 4) is 0 Å². The van der Waals surface area contributed by atoms with E-state index in [9.17, 15) is 8.42 Å².